The van der Waals surface area contributed by atoms with Gasteiger partial charge in [0.1, 0.15) is 5.57 Å². The molecule has 0 unspecified atom stereocenters. The van der Waals surface area contributed by atoms with Crippen LogP contribution in [0.25, 0.3) is 17.3 Å². The number of ether oxygens (including phenoxy) is 2. The zero-order chi connectivity index (χ0) is 19.1. The Balaban J connectivity index is 2.65. The fourth-order valence-electron chi connectivity index (χ4n) is 2.26. The van der Waals surface area contributed by atoms with Crippen molar-refractivity contribution in [3.8, 4) is 11.3 Å². The number of esters is 2. The summed E-state index contributed by atoms with van der Waals surface area (Å²) in [6.45, 7) is 3.48. The molecule has 0 spiro atoms. The van der Waals surface area contributed by atoms with Crippen molar-refractivity contribution in [2.75, 3.05) is 13.2 Å². The monoisotopic (exact) mass is 356 g/mol. The second-order valence-corrected chi connectivity index (χ2v) is 5.28. The van der Waals surface area contributed by atoms with Crippen LogP contribution in [-0.2, 0) is 26.1 Å². The number of hydrogen-bond donors (Lipinski definition) is 0. The van der Waals surface area contributed by atoms with Crippen LogP contribution in [0.15, 0.2) is 46.8 Å². The van der Waals surface area contributed by atoms with Crippen LogP contribution in [0.4, 0.5) is 0 Å². The first-order valence-corrected chi connectivity index (χ1v) is 8.17. The van der Waals surface area contributed by atoms with E-state index in [1.165, 1.54) is 23.9 Å². The lowest BCUT2D eigenvalue weighted by molar-refractivity contribution is -0.146. The van der Waals surface area contributed by atoms with Gasteiger partial charge in [0, 0.05) is 24.2 Å². The molecule has 0 fully saturated rings. The van der Waals surface area contributed by atoms with Crippen LogP contribution in [0.2, 0.25) is 0 Å². The molecule has 0 atom stereocenters. The molecule has 2 aromatic rings. The average Bonchev–Trinajstić information content (AvgIpc) is 2.63. The van der Waals surface area contributed by atoms with Gasteiger partial charge in [-0.2, -0.15) is 5.10 Å². The van der Waals surface area contributed by atoms with Gasteiger partial charge in [-0.3, -0.25) is 4.79 Å². The topological polar surface area (TPSA) is 87.5 Å². The molecule has 0 aliphatic heterocycles. The predicted octanol–water partition coefficient (Wildman–Crippen LogP) is 1.96. The van der Waals surface area contributed by atoms with Gasteiger partial charge in [0.15, 0.2) is 0 Å². The van der Waals surface area contributed by atoms with E-state index in [9.17, 15) is 14.4 Å². The summed E-state index contributed by atoms with van der Waals surface area (Å²) >= 11 is 0. The molecule has 7 nitrogen and oxygen atoms in total. The maximum absolute atomic E-state index is 12.2. The van der Waals surface area contributed by atoms with Gasteiger partial charge < -0.3 is 9.47 Å². The molecule has 2 rings (SSSR count). The van der Waals surface area contributed by atoms with Gasteiger partial charge in [-0.15, -0.1) is 0 Å². The normalized spacial score (nSPS) is 10.1. The molecule has 0 bridgehead atoms. The first-order valence-electron chi connectivity index (χ1n) is 8.17. The number of benzene rings is 1. The molecule has 0 aliphatic rings. The van der Waals surface area contributed by atoms with Gasteiger partial charge in [0.25, 0.3) is 5.56 Å². The number of carbonyl (C=O) groups excluding carboxylic acids is 2. The van der Waals surface area contributed by atoms with Crippen molar-refractivity contribution in [2.45, 2.75) is 13.8 Å². The maximum atomic E-state index is 12.2. The number of aryl methyl sites for hydroxylation is 1. The SMILES string of the molecule is CCOC(=O)C(=Cc1cc(=O)n(C)nc1-c1ccccc1)C(=O)OCC. The van der Waals surface area contributed by atoms with Crippen molar-refractivity contribution >= 4 is 18.0 Å². The van der Waals surface area contributed by atoms with E-state index in [1.54, 1.807) is 13.8 Å². The van der Waals surface area contributed by atoms with Crippen LogP contribution in [0.1, 0.15) is 19.4 Å². The van der Waals surface area contributed by atoms with Crippen LogP contribution in [0, 0.1) is 0 Å². The van der Waals surface area contributed by atoms with E-state index >= 15 is 0 Å². The fourth-order valence-corrected chi connectivity index (χ4v) is 2.26. The fraction of sp³-hybridized carbons (Fsp3) is 0.263. The Bertz CT molecular complexity index is 865. The van der Waals surface area contributed by atoms with E-state index in [-0.39, 0.29) is 24.3 Å². The highest BCUT2D eigenvalue weighted by atomic mass is 16.6. The lowest BCUT2D eigenvalue weighted by atomic mass is 10.0. The molecule has 0 saturated carbocycles. The van der Waals surface area contributed by atoms with Crippen LogP contribution >= 0.6 is 0 Å². The zero-order valence-electron chi connectivity index (χ0n) is 14.9. The minimum absolute atomic E-state index is 0.107. The third kappa shape index (κ3) is 4.44. The van der Waals surface area contributed by atoms with Gasteiger partial charge in [0.05, 0.1) is 18.9 Å². The van der Waals surface area contributed by atoms with E-state index in [1.807, 2.05) is 30.3 Å². The van der Waals surface area contributed by atoms with Crippen LogP contribution in [0.5, 0.6) is 0 Å². The van der Waals surface area contributed by atoms with E-state index < -0.39 is 11.9 Å². The lowest BCUT2D eigenvalue weighted by Gasteiger charge is -2.10. The molecular weight excluding hydrogens is 336 g/mol. The van der Waals surface area contributed by atoms with E-state index in [2.05, 4.69) is 5.10 Å². The van der Waals surface area contributed by atoms with Crippen LogP contribution in [0.3, 0.4) is 0 Å². The molecule has 1 aromatic carbocycles. The van der Waals surface area contributed by atoms with Gasteiger partial charge in [-0.1, -0.05) is 30.3 Å². The number of nitrogens with zero attached hydrogens (tertiary/aromatic N) is 2. The van der Waals surface area contributed by atoms with Crippen molar-refractivity contribution in [1.82, 2.24) is 9.78 Å². The molecule has 0 aliphatic carbocycles. The number of hydrogen-bond acceptors (Lipinski definition) is 6. The first kappa shape index (κ1) is 19.1. The molecule has 1 heterocycles. The maximum Gasteiger partial charge on any atom is 0.345 e. The minimum atomic E-state index is -0.814. The van der Waals surface area contributed by atoms with Crippen molar-refractivity contribution in [3.05, 3.63) is 57.9 Å². The zero-order valence-corrected chi connectivity index (χ0v) is 14.9. The Morgan fingerprint density at radius 1 is 1.08 bits per heavy atom. The number of carbonyl (C=O) groups is 2. The summed E-state index contributed by atoms with van der Waals surface area (Å²) in [5, 5.41) is 4.26. The summed E-state index contributed by atoms with van der Waals surface area (Å²) in [5.74, 6) is -1.63. The predicted molar refractivity (Wildman–Crippen MR) is 96.2 cm³/mol. The molecule has 0 saturated heterocycles. The molecule has 1 aromatic heterocycles. The molecule has 0 N–H and O–H groups in total. The lowest BCUT2D eigenvalue weighted by Crippen LogP contribution is -2.21. The quantitative estimate of drug-likeness (QED) is 0.340. The second kappa shape index (κ2) is 8.75. The number of aromatic nitrogens is 2. The molecule has 7 heteroatoms. The third-order valence-corrected chi connectivity index (χ3v) is 3.46. The van der Waals surface area contributed by atoms with Crippen molar-refractivity contribution in [3.63, 3.8) is 0 Å². The minimum Gasteiger partial charge on any atom is -0.462 e. The van der Waals surface area contributed by atoms with Gasteiger partial charge in [-0.05, 0) is 19.9 Å². The van der Waals surface area contributed by atoms with Crippen molar-refractivity contribution in [1.29, 1.82) is 0 Å². The summed E-state index contributed by atoms with van der Waals surface area (Å²) in [6.07, 6.45) is 1.28. The van der Waals surface area contributed by atoms with Gasteiger partial charge in [0.2, 0.25) is 0 Å². The van der Waals surface area contributed by atoms with E-state index in [0.717, 1.165) is 5.56 Å². The standard InChI is InChI=1S/C19H20N2O5/c1-4-25-18(23)15(19(24)26-5-2)11-14-12-16(22)21(3)20-17(14)13-9-7-6-8-10-13/h6-12H,4-5H2,1-3H3. The smallest absolute Gasteiger partial charge is 0.345 e. The van der Waals surface area contributed by atoms with E-state index in [4.69, 9.17) is 9.47 Å². The van der Waals surface area contributed by atoms with Crippen LogP contribution in [-0.4, -0.2) is 34.9 Å². The van der Waals surface area contributed by atoms with Gasteiger partial charge in [-0.25, -0.2) is 14.3 Å². The molecular formula is C19H20N2O5. The van der Waals surface area contributed by atoms with Gasteiger partial charge >= 0.3 is 11.9 Å². The number of rotatable bonds is 6. The molecule has 26 heavy (non-hydrogen) atoms. The Labute approximate surface area is 150 Å². The average molecular weight is 356 g/mol. The summed E-state index contributed by atoms with van der Waals surface area (Å²) in [6, 6.07) is 10.5. The van der Waals surface area contributed by atoms with Crippen molar-refractivity contribution in [2.24, 2.45) is 7.05 Å². The molecule has 136 valence electrons. The molecule has 0 amide bonds. The Hall–Kier alpha value is -3.22. The summed E-state index contributed by atoms with van der Waals surface area (Å²) in [7, 11) is 1.53. The third-order valence-electron chi connectivity index (χ3n) is 3.46. The Morgan fingerprint density at radius 3 is 2.19 bits per heavy atom. The van der Waals surface area contributed by atoms with E-state index in [0.29, 0.717) is 11.3 Å². The second-order valence-electron chi connectivity index (χ2n) is 5.28. The van der Waals surface area contributed by atoms with Crippen LogP contribution < -0.4 is 5.56 Å². The largest absolute Gasteiger partial charge is 0.462 e. The van der Waals surface area contributed by atoms with Crippen molar-refractivity contribution < 1.29 is 19.1 Å². The Kier molecular flexibility index (Phi) is 6.43. The summed E-state index contributed by atoms with van der Waals surface area (Å²) in [5.41, 5.74) is 0.861. The summed E-state index contributed by atoms with van der Waals surface area (Å²) < 4.78 is 11.1. The highest BCUT2D eigenvalue weighted by Crippen LogP contribution is 2.22. The highest BCUT2D eigenvalue weighted by Gasteiger charge is 2.22. The highest BCUT2D eigenvalue weighted by molar-refractivity contribution is 6.18. The Morgan fingerprint density at radius 2 is 1.65 bits per heavy atom. The molecule has 0 radical (unpaired) electrons. The summed E-state index contributed by atoms with van der Waals surface area (Å²) in [4.78, 5) is 36.4. The first-order chi connectivity index (χ1) is 12.5.